The number of aliphatic hydroxyl groups is 1. The SMILES string of the molecule is OC1CCCC(c2ncc[nH]2)C1. The van der Waals surface area contributed by atoms with Gasteiger partial charge in [-0.3, -0.25) is 0 Å². The van der Waals surface area contributed by atoms with Gasteiger partial charge < -0.3 is 10.1 Å². The molecule has 0 spiro atoms. The van der Waals surface area contributed by atoms with Crippen LogP contribution < -0.4 is 0 Å². The highest BCUT2D eigenvalue weighted by Gasteiger charge is 2.22. The lowest BCUT2D eigenvalue weighted by Gasteiger charge is -2.23. The van der Waals surface area contributed by atoms with Crippen LogP contribution >= 0.6 is 0 Å². The Morgan fingerprint density at radius 1 is 1.50 bits per heavy atom. The summed E-state index contributed by atoms with van der Waals surface area (Å²) in [6, 6.07) is 0. The Kier molecular flexibility index (Phi) is 2.13. The van der Waals surface area contributed by atoms with E-state index in [2.05, 4.69) is 9.97 Å². The largest absolute Gasteiger partial charge is 0.393 e. The van der Waals surface area contributed by atoms with Crippen molar-refractivity contribution in [2.45, 2.75) is 37.7 Å². The lowest BCUT2D eigenvalue weighted by atomic mass is 9.87. The maximum absolute atomic E-state index is 9.44. The van der Waals surface area contributed by atoms with Crippen molar-refractivity contribution in [3.05, 3.63) is 18.2 Å². The third kappa shape index (κ3) is 1.50. The zero-order chi connectivity index (χ0) is 8.39. The molecule has 1 aromatic heterocycles. The van der Waals surface area contributed by atoms with E-state index in [4.69, 9.17) is 0 Å². The normalized spacial score (nSPS) is 30.4. The summed E-state index contributed by atoms with van der Waals surface area (Å²) >= 11 is 0. The van der Waals surface area contributed by atoms with E-state index < -0.39 is 0 Å². The molecule has 0 aliphatic heterocycles. The maximum Gasteiger partial charge on any atom is 0.109 e. The number of H-pyrrole nitrogens is 1. The molecule has 12 heavy (non-hydrogen) atoms. The van der Waals surface area contributed by atoms with Crippen molar-refractivity contribution in [1.29, 1.82) is 0 Å². The summed E-state index contributed by atoms with van der Waals surface area (Å²) < 4.78 is 0. The zero-order valence-corrected chi connectivity index (χ0v) is 7.03. The first-order valence-corrected chi connectivity index (χ1v) is 4.53. The Hall–Kier alpha value is -0.830. The Morgan fingerprint density at radius 2 is 2.42 bits per heavy atom. The van der Waals surface area contributed by atoms with Gasteiger partial charge in [0.25, 0.3) is 0 Å². The summed E-state index contributed by atoms with van der Waals surface area (Å²) in [6.07, 6.45) is 7.60. The second-order valence-corrected chi connectivity index (χ2v) is 3.49. The Bertz CT molecular complexity index is 233. The van der Waals surface area contributed by atoms with Gasteiger partial charge in [0.1, 0.15) is 5.82 Å². The second-order valence-electron chi connectivity index (χ2n) is 3.49. The molecule has 1 heterocycles. The number of nitrogens with zero attached hydrogens (tertiary/aromatic N) is 1. The van der Waals surface area contributed by atoms with Crippen LogP contribution in [0.1, 0.15) is 37.4 Å². The Balaban J connectivity index is 2.04. The van der Waals surface area contributed by atoms with E-state index in [1.54, 1.807) is 6.20 Å². The maximum atomic E-state index is 9.44. The van der Waals surface area contributed by atoms with E-state index in [0.717, 1.165) is 31.5 Å². The number of imidazole rings is 1. The lowest BCUT2D eigenvalue weighted by Crippen LogP contribution is -2.18. The minimum absolute atomic E-state index is 0.117. The highest BCUT2D eigenvalue weighted by Crippen LogP contribution is 2.30. The van der Waals surface area contributed by atoms with Crippen molar-refractivity contribution in [1.82, 2.24) is 9.97 Å². The molecule has 0 saturated heterocycles. The highest BCUT2D eigenvalue weighted by atomic mass is 16.3. The molecular weight excluding hydrogens is 152 g/mol. The van der Waals surface area contributed by atoms with Crippen LogP contribution in [0.5, 0.6) is 0 Å². The summed E-state index contributed by atoms with van der Waals surface area (Å²) in [6.45, 7) is 0. The van der Waals surface area contributed by atoms with E-state index in [1.807, 2.05) is 6.20 Å². The standard InChI is InChI=1S/C9H14N2O/c12-8-3-1-2-7(6-8)9-10-4-5-11-9/h4-5,7-8,12H,1-3,6H2,(H,10,11). The molecule has 2 atom stereocenters. The third-order valence-corrected chi connectivity index (χ3v) is 2.55. The van der Waals surface area contributed by atoms with Gasteiger partial charge in [0.05, 0.1) is 6.10 Å². The summed E-state index contributed by atoms with van der Waals surface area (Å²) in [7, 11) is 0. The van der Waals surface area contributed by atoms with Crippen molar-refractivity contribution in [2.24, 2.45) is 0 Å². The van der Waals surface area contributed by atoms with Gasteiger partial charge >= 0.3 is 0 Å². The highest BCUT2D eigenvalue weighted by molar-refractivity contribution is 4.99. The van der Waals surface area contributed by atoms with E-state index in [0.29, 0.717) is 5.92 Å². The molecule has 2 unspecified atom stereocenters. The topological polar surface area (TPSA) is 48.9 Å². The van der Waals surface area contributed by atoms with Crippen molar-refractivity contribution in [2.75, 3.05) is 0 Å². The fourth-order valence-electron chi connectivity index (χ4n) is 1.91. The van der Waals surface area contributed by atoms with Gasteiger partial charge in [0.2, 0.25) is 0 Å². The molecule has 1 aliphatic carbocycles. The van der Waals surface area contributed by atoms with Gasteiger partial charge in [-0.2, -0.15) is 0 Å². The number of hydrogen-bond acceptors (Lipinski definition) is 2. The predicted octanol–water partition coefficient (Wildman–Crippen LogP) is 1.43. The van der Waals surface area contributed by atoms with Crippen LogP contribution in [-0.2, 0) is 0 Å². The second kappa shape index (κ2) is 3.27. The van der Waals surface area contributed by atoms with E-state index in [9.17, 15) is 5.11 Å². The quantitative estimate of drug-likeness (QED) is 0.663. The molecule has 3 nitrogen and oxygen atoms in total. The van der Waals surface area contributed by atoms with E-state index >= 15 is 0 Å². The predicted molar refractivity (Wildman–Crippen MR) is 45.8 cm³/mol. The van der Waals surface area contributed by atoms with Crippen LogP contribution in [0.25, 0.3) is 0 Å². The molecule has 2 N–H and O–H groups in total. The van der Waals surface area contributed by atoms with Crippen LogP contribution in [0.2, 0.25) is 0 Å². The van der Waals surface area contributed by atoms with Gasteiger partial charge in [-0.1, -0.05) is 6.42 Å². The van der Waals surface area contributed by atoms with Crippen molar-refractivity contribution in [3.8, 4) is 0 Å². The van der Waals surface area contributed by atoms with Gasteiger partial charge in [-0.15, -0.1) is 0 Å². The average Bonchev–Trinajstić information content (AvgIpc) is 2.56. The van der Waals surface area contributed by atoms with Crippen molar-refractivity contribution >= 4 is 0 Å². The van der Waals surface area contributed by atoms with Crippen molar-refractivity contribution in [3.63, 3.8) is 0 Å². The van der Waals surface area contributed by atoms with Crippen LogP contribution in [0, 0.1) is 0 Å². The minimum Gasteiger partial charge on any atom is -0.393 e. The molecule has 1 saturated carbocycles. The molecule has 1 aromatic rings. The van der Waals surface area contributed by atoms with Crippen LogP contribution in [0.15, 0.2) is 12.4 Å². The molecule has 0 aromatic carbocycles. The first kappa shape index (κ1) is 7.80. The summed E-state index contributed by atoms with van der Waals surface area (Å²) in [5, 5.41) is 9.44. The number of aromatic amines is 1. The molecule has 66 valence electrons. The lowest BCUT2D eigenvalue weighted by molar-refractivity contribution is 0.118. The molecule has 0 radical (unpaired) electrons. The Labute approximate surface area is 71.8 Å². The van der Waals surface area contributed by atoms with Crippen molar-refractivity contribution < 1.29 is 5.11 Å². The molecule has 1 aliphatic rings. The first-order valence-electron chi connectivity index (χ1n) is 4.53. The van der Waals surface area contributed by atoms with E-state index in [1.165, 1.54) is 0 Å². The van der Waals surface area contributed by atoms with E-state index in [-0.39, 0.29) is 6.10 Å². The number of rotatable bonds is 1. The minimum atomic E-state index is -0.117. The van der Waals surface area contributed by atoms with Gasteiger partial charge in [0.15, 0.2) is 0 Å². The average molecular weight is 166 g/mol. The number of hydrogen-bond donors (Lipinski definition) is 2. The summed E-state index contributed by atoms with van der Waals surface area (Å²) in [4.78, 5) is 7.31. The number of nitrogens with one attached hydrogen (secondary N) is 1. The molecule has 0 amide bonds. The molecule has 0 bridgehead atoms. The monoisotopic (exact) mass is 166 g/mol. The van der Waals surface area contributed by atoms with Gasteiger partial charge in [-0.25, -0.2) is 4.98 Å². The first-order chi connectivity index (χ1) is 5.86. The smallest absolute Gasteiger partial charge is 0.109 e. The van der Waals surface area contributed by atoms with Crippen LogP contribution in [0.4, 0.5) is 0 Å². The number of aromatic nitrogens is 2. The summed E-state index contributed by atoms with van der Waals surface area (Å²) in [5.41, 5.74) is 0. The van der Waals surface area contributed by atoms with Gasteiger partial charge in [0, 0.05) is 18.3 Å². The van der Waals surface area contributed by atoms with Gasteiger partial charge in [-0.05, 0) is 19.3 Å². The fourth-order valence-corrected chi connectivity index (χ4v) is 1.91. The van der Waals surface area contributed by atoms with Crippen LogP contribution in [0.3, 0.4) is 0 Å². The van der Waals surface area contributed by atoms with Crippen LogP contribution in [-0.4, -0.2) is 21.2 Å². The molecular formula is C9H14N2O. The number of aliphatic hydroxyl groups excluding tert-OH is 1. The fraction of sp³-hybridized carbons (Fsp3) is 0.667. The zero-order valence-electron chi connectivity index (χ0n) is 7.03. The molecule has 1 fully saturated rings. The molecule has 2 rings (SSSR count). The third-order valence-electron chi connectivity index (χ3n) is 2.55. The summed E-state index contributed by atoms with van der Waals surface area (Å²) in [5.74, 6) is 1.48. The Morgan fingerprint density at radius 3 is 3.08 bits per heavy atom. The molecule has 3 heteroatoms.